The van der Waals surface area contributed by atoms with Crippen molar-refractivity contribution in [2.45, 2.75) is 11.3 Å². The Hall–Kier alpha value is -2.32. The van der Waals surface area contributed by atoms with Gasteiger partial charge in [-0.2, -0.15) is 5.10 Å². The number of aromatic nitrogens is 4. The number of carbonyl (C=O) groups excluding carboxylic acids is 1. The van der Waals surface area contributed by atoms with Crippen LogP contribution in [0.1, 0.15) is 6.42 Å². The van der Waals surface area contributed by atoms with Gasteiger partial charge in [0.15, 0.2) is 0 Å². The van der Waals surface area contributed by atoms with E-state index in [-0.39, 0.29) is 11.9 Å². The van der Waals surface area contributed by atoms with Crippen molar-refractivity contribution in [3.8, 4) is 11.6 Å². The summed E-state index contributed by atoms with van der Waals surface area (Å²) < 4.78 is 7.03. The van der Waals surface area contributed by atoms with E-state index in [0.29, 0.717) is 28.8 Å². The maximum Gasteiger partial charge on any atom is 0.322 e. The van der Waals surface area contributed by atoms with E-state index in [0.717, 1.165) is 4.90 Å². The molecule has 0 fully saturated rings. The molecule has 0 saturated heterocycles. The van der Waals surface area contributed by atoms with Gasteiger partial charge in [-0.3, -0.25) is 14.8 Å². The van der Waals surface area contributed by atoms with Crippen LogP contribution in [0.25, 0.3) is 11.6 Å². The molecule has 124 valence electrons. The van der Waals surface area contributed by atoms with Crippen molar-refractivity contribution in [2.24, 2.45) is 7.05 Å². The lowest BCUT2D eigenvalue weighted by atomic mass is 10.4. The van der Waals surface area contributed by atoms with Gasteiger partial charge in [0.05, 0.1) is 0 Å². The fourth-order valence-electron chi connectivity index (χ4n) is 1.94. The highest BCUT2D eigenvalue weighted by atomic mass is 35.5. The van der Waals surface area contributed by atoms with Crippen LogP contribution in [-0.2, 0) is 11.8 Å². The Bertz CT molecular complexity index is 831. The SMILES string of the molecule is Cn1nccc1-c1nnc(NC(=O)CCSc2ccc(Cl)cc2)o1. The number of hydrogen-bond donors (Lipinski definition) is 1. The van der Waals surface area contributed by atoms with E-state index >= 15 is 0 Å². The Morgan fingerprint density at radius 1 is 1.29 bits per heavy atom. The first kappa shape index (κ1) is 16.5. The van der Waals surface area contributed by atoms with E-state index in [2.05, 4.69) is 20.6 Å². The molecule has 3 rings (SSSR count). The number of anilines is 1. The Kier molecular flexibility index (Phi) is 5.17. The van der Waals surface area contributed by atoms with Crippen molar-refractivity contribution >= 4 is 35.3 Å². The normalized spacial score (nSPS) is 10.8. The molecule has 0 aliphatic rings. The third kappa shape index (κ3) is 4.15. The van der Waals surface area contributed by atoms with Crippen molar-refractivity contribution in [3.63, 3.8) is 0 Å². The van der Waals surface area contributed by atoms with Gasteiger partial charge in [-0.05, 0) is 30.3 Å². The third-order valence-electron chi connectivity index (χ3n) is 3.12. The molecular weight excluding hydrogens is 350 g/mol. The van der Waals surface area contributed by atoms with Crippen LogP contribution in [0.4, 0.5) is 6.01 Å². The summed E-state index contributed by atoms with van der Waals surface area (Å²) in [6, 6.07) is 9.31. The van der Waals surface area contributed by atoms with Gasteiger partial charge in [0.2, 0.25) is 5.91 Å². The van der Waals surface area contributed by atoms with Gasteiger partial charge in [-0.15, -0.1) is 16.9 Å². The summed E-state index contributed by atoms with van der Waals surface area (Å²) in [6.45, 7) is 0. The number of nitrogens with zero attached hydrogens (tertiary/aromatic N) is 4. The quantitative estimate of drug-likeness (QED) is 0.676. The molecule has 24 heavy (non-hydrogen) atoms. The molecule has 0 aliphatic carbocycles. The Labute approximate surface area is 147 Å². The summed E-state index contributed by atoms with van der Waals surface area (Å²) >= 11 is 7.41. The Balaban J connectivity index is 1.49. The van der Waals surface area contributed by atoms with Crippen LogP contribution in [0.15, 0.2) is 45.8 Å². The number of rotatable bonds is 6. The van der Waals surface area contributed by atoms with Crippen LogP contribution < -0.4 is 5.32 Å². The molecule has 0 bridgehead atoms. The number of hydrogen-bond acceptors (Lipinski definition) is 6. The van der Waals surface area contributed by atoms with E-state index in [1.54, 1.807) is 35.8 Å². The van der Waals surface area contributed by atoms with Crippen LogP contribution in [0.3, 0.4) is 0 Å². The second-order valence-corrected chi connectivity index (χ2v) is 6.46. The number of benzene rings is 1. The maximum atomic E-state index is 11.9. The molecule has 0 unspecified atom stereocenters. The molecule has 2 heterocycles. The molecule has 0 saturated carbocycles. The largest absolute Gasteiger partial charge is 0.401 e. The van der Waals surface area contributed by atoms with E-state index in [9.17, 15) is 4.79 Å². The first-order valence-electron chi connectivity index (χ1n) is 7.12. The van der Waals surface area contributed by atoms with Crippen LogP contribution in [0.5, 0.6) is 0 Å². The van der Waals surface area contributed by atoms with Crippen LogP contribution in [-0.4, -0.2) is 31.6 Å². The van der Waals surface area contributed by atoms with Gasteiger partial charge in [-0.25, -0.2) is 0 Å². The number of halogens is 1. The molecule has 0 aliphatic heterocycles. The van der Waals surface area contributed by atoms with E-state index in [1.165, 1.54) is 0 Å². The highest BCUT2D eigenvalue weighted by Gasteiger charge is 2.13. The molecule has 1 amide bonds. The molecule has 9 heteroatoms. The summed E-state index contributed by atoms with van der Waals surface area (Å²) in [4.78, 5) is 13.0. The summed E-state index contributed by atoms with van der Waals surface area (Å²) in [5, 5.41) is 15.0. The molecule has 1 N–H and O–H groups in total. The monoisotopic (exact) mass is 363 g/mol. The average molecular weight is 364 g/mol. The zero-order valence-electron chi connectivity index (χ0n) is 12.8. The minimum absolute atomic E-state index is 0.0766. The smallest absolute Gasteiger partial charge is 0.322 e. The Morgan fingerprint density at radius 2 is 2.08 bits per heavy atom. The predicted octanol–water partition coefficient (Wildman–Crippen LogP) is 3.24. The fourth-order valence-corrected chi connectivity index (χ4v) is 2.91. The standard InChI is InChI=1S/C15H14ClN5O2S/c1-21-12(6-8-17-21)14-19-20-15(23-14)18-13(22)7-9-24-11-4-2-10(16)3-5-11/h2-6,8H,7,9H2,1H3,(H,18,20,22). The topological polar surface area (TPSA) is 85.8 Å². The maximum absolute atomic E-state index is 11.9. The molecule has 1 aromatic carbocycles. The van der Waals surface area contributed by atoms with Crippen molar-refractivity contribution in [1.29, 1.82) is 0 Å². The predicted molar refractivity (Wildman–Crippen MR) is 91.9 cm³/mol. The minimum Gasteiger partial charge on any atom is -0.401 e. The highest BCUT2D eigenvalue weighted by Crippen LogP contribution is 2.22. The molecule has 0 radical (unpaired) electrons. The van der Waals surface area contributed by atoms with E-state index in [4.69, 9.17) is 16.0 Å². The minimum atomic E-state index is -0.184. The summed E-state index contributed by atoms with van der Waals surface area (Å²) in [5.41, 5.74) is 0.682. The lowest BCUT2D eigenvalue weighted by Gasteiger charge is -2.02. The molecular formula is C15H14ClN5O2S. The van der Waals surface area contributed by atoms with Crippen molar-refractivity contribution < 1.29 is 9.21 Å². The summed E-state index contributed by atoms with van der Waals surface area (Å²) in [6.07, 6.45) is 1.96. The molecule has 0 spiro atoms. The molecule has 2 aromatic heterocycles. The van der Waals surface area contributed by atoms with E-state index < -0.39 is 0 Å². The molecule has 7 nitrogen and oxygen atoms in total. The zero-order valence-corrected chi connectivity index (χ0v) is 14.3. The van der Waals surface area contributed by atoms with Gasteiger partial charge in [0, 0.05) is 35.3 Å². The van der Waals surface area contributed by atoms with Crippen LogP contribution in [0.2, 0.25) is 5.02 Å². The van der Waals surface area contributed by atoms with Crippen molar-refractivity contribution in [1.82, 2.24) is 20.0 Å². The van der Waals surface area contributed by atoms with Crippen LogP contribution in [0, 0.1) is 0 Å². The number of aryl methyl sites for hydroxylation is 1. The van der Waals surface area contributed by atoms with Crippen molar-refractivity contribution in [2.75, 3.05) is 11.1 Å². The average Bonchev–Trinajstić information content (AvgIpc) is 3.18. The summed E-state index contributed by atoms with van der Waals surface area (Å²) in [5.74, 6) is 0.758. The summed E-state index contributed by atoms with van der Waals surface area (Å²) in [7, 11) is 1.77. The number of amides is 1. The molecule has 0 atom stereocenters. The first-order chi connectivity index (χ1) is 11.6. The Morgan fingerprint density at radius 3 is 2.79 bits per heavy atom. The number of thioether (sulfide) groups is 1. The lowest BCUT2D eigenvalue weighted by Crippen LogP contribution is -2.12. The lowest BCUT2D eigenvalue weighted by molar-refractivity contribution is -0.115. The van der Waals surface area contributed by atoms with Gasteiger partial charge in [0.25, 0.3) is 5.89 Å². The van der Waals surface area contributed by atoms with Gasteiger partial charge < -0.3 is 4.42 Å². The second-order valence-electron chi connectivity index (χ2n) is 4.85. The highest BCUT2D eigenvalue weighted by molar-refractivity contribution is 7.99. The van der Waals surface area contributed by atoms with Crippen LogP contribution >= 0.6 is 23.4 Å². The van der Waals surface area contributed by atoms with E-state index in [1.807, 2.05) is 24.3 Å². The first-order valence-corrected chi connectivity index (χ1v) is 8.48. The number of nitrogens with one attached hydrogen (secondary N) is 1. The van der Waals surface area contributed by atoms with Gasteiger partial charge in [0.1, 0.15) is 5.69 Å². The second kappa shape index (κ2) is 7.50. The fraction of sp³-hybridized carbons (Fsp3) is 0.200. The zero-order chi connectivity index (χ0) is 16.9. The number of carbonyl (C=O) groups is 1. The van der Waals surface area contributed by atoms with Gasteiger partial charge >= 0.3 is 6.01 Å². The third-order valence-corrected chi connectivity index (χ3v) is 4.39. The molecule has 3 aromatic rings. The van der Waals surface area contributed by atoms with Gasteiger partial charge in [-0.1, -0.05) is 16.7 Å². The van der Waals surface area contributed by atoms with Crippen molar-refractivity contribution in [3.05, 3.63) is 41.6 Å².